The largest absolute Gasteiger partial charge is 0.289 e. The predicted molar refractivity (Wildman–Crippen MR) is 62.4 cm³/mol. The molecular weight excluding hydrogens is 184 g/mol. The van der Waals surface area contributed by atoms with Gasteiger partial charge in [0.15, 0.2) is 5.78 Å². The molecule has 1 aromatic rings. The summed E-state index contributed by atoms with van der Waals surface area (Å²) < 4.78 is 0. The summed E-state index contributed by atoms with van der Waals surface area (Å²) >= 11 is 0. The molecule has 0 amide bonds. The van der Waals surface area contributed by atoms with Gasteiger partial charge in [0, 0.05) is 5.57 Å². The number of allylic oxidation sites excluding steroid dienone is 4. The molecule has 0 unspecified atom stereocenters. The maximum Gasteiger partial charge on any atom is 0.188 e. The molecule has 0 aromatic heterocycles. The number of Topliss-reactive ketones (excluding diaryl/α,β-unsaturated/α-hetero) is 1. The van der Waals surface area contributed by atoms with Crippen LogP contribution in [0.15, 0.2) is 47.6 Å². The van der Waals surface area contributed by atoms with Gasteiger partial charge in [0.25, 0.3) is 0 Å². The third-order valence-corrected chi connectivity index (χ3v) is 2.92. The van der Waals surface area contributed by atoms with Crippen molar-refractivity contribution in [1.82, 2.24) is 0 Å². The molecule has 0 aliphatic heterocycles. The lowest BCUT2D eigenvalue weighted by atomic mass is 9.88. The molecule has 2 rings (SSSR count). The monoisotopic (exact) mass is 198 g/mol. The van der Waals surface area contributed by atoms with Crippen LogP contribution in [0.4, 0.5) is 0 Å². The van der Waals surface area contributed by atoms with Crippen molar-refractivity contribution >= 4 is 11.4 Å². The topological polar surface area (TPSA) is 17.1 Å². The zero-order valence-corrected chi connectivity index (χ0v) is 9.08. The lowest BCUT2D eigenvalue weighted by Gasteiger charge is -2.15. The Labute approximate surface area is 90.1 Å². The molecule has 0 bridgehead atoms. The Morgan fingerprint density at radius 1 is 1.07 bits per heavy atom. The van der Waals surface area contributed by atoms with Crippen LogP contribution in [0.25, 0.3) is 5.57 Å². The van der Waals surface area contributed by atoms with Crippen molar-refractivity contribution in [3.05, 3.63) is 53.1 Å². The molecule has 76 valence electrons. The summed E-state index contributed by atoms with van der Waals surface area (Å²) in [5.41, 5.74) is 3.95. The first-order valence-corrected chi connectivity index (χ1v) is 5.17. The number of hydrogen-bond acceptors (Lipinski definition) is 1. The van der Waals surface area contributed by atoms with E-state index in [4.69, 9.17) is 0 Å². The minimum atomic E-state index is 0.171. The molecule has 0 radical (unpaired) electrons. The third kappa shape index (κ3) is 1.78. The van der Waals surface area contributed by atoms with Gasteiger partial charge in [0.1, 0.15) is 0 Å². The van der Waals surface area contributed by atoms with Crippen LogP contribution in [0.1, 0.15) is 25.8 Å². The number of carbonyl (C=O) groups is 1. The molecule has 1 aromatic carbocycles. The Kier molecular flexibility index (Phi) is 2.55. The first-order chi connectivity index (χ1) is 7.20. The van der Waals surface area contributed by atoms with Gasteiger partial charge in [-0.15, -0.1) is 0 Å². The minimum absolute atomic E-state index is 0.171. The van der Waals surface area contributed by atoms with Gasteiger partial charge in [-0.25, -0.2) is 0 Å². The Morgan fingerprint density at radius 2 is 1.73 bits per heavy atom. The van der Waals surface area contributed by atoms with Gasteiger partial charge in [-0.2, -0.15) is 0 Å². The minimum Gasteiger partial charge on any atom is -0.289 e. The Bertz CT molecular complexity index is 449. The van der Waals surface area contributed by atoms with Crippen LogP contribution < -0.4 is 0 Å². The molecule has 1 aliphatic carbocycles. The Balaban J connectivity index is 2.39. The van der Waals surface area contributed by atoms with Gasteiger partial charge in [-0.05, 0) is 31.4 Å². The summed E-state index contributed by atoms with van der Waals surface area (Å²) in [6, 6.07) is 9.86. The van der Waals surface area contributed by atoms with Crippen LogP contribution in [0.3, 0.4) is 0 Å². The van der Waals surface area contributed by atoms with E-state index in [-0.39, 0.29) is 5.78 Å². The Hall–Kier alpha value is -1.63. The second-order valence-electron chi connectivity index (χ2n) is 3.92. The van der Waals surface area contributed by atoms with Crippen LogP contribution in [0, 0.1) is 0 Å². The summed E-state index contributed by atoms with van der Waals surface area (Å²) in [6.45, 7) is 3.93. The van der Waals surface area contributed by atoms with Gasteiger partial charge in [-0.3, -0.25) is 4.79 Å². The average Bonchev–Trinajstić information content (AvgIpc) is 2.27. The highest BCUT2D eigenvalue weighted by Gasteiger charge is 2.18. The quantitative estimate of drug-likeness (QED) is 0.676. The summed E-state index contributed by atoms with van der Waals surface area (Å²) in [5.74, 6) is 0.171. The maximum atomic E-state index is 12.0. The van der Waals surface area contributed by atoms with Gasteiger partial charge in [0.2, 0.25) is 0 Å². The van der Waals surface area contributed by atoms with Crippen LogP contribution in [0.5, 0.6) is 0 Å². The van der Waals surface area contributed by atoms with E-state index in [9.17, 15) is 4.79 Å². The smallest absolute Gasteiger partial charge is 0.188 e. The van der Waals surface area contributed by atoms with E-state index >= 15 is 0 Å². The summed E-state index contributed by atoms with van der Waals surface area (Å²) in [4.78, 5) is 12.0. The number of benzene rings is 1. The first kappa shape index (κ1) is 9.91. The normalized spacial score (nSPS) is 16.7. The van der Waals surface area contributed by atoms with Gasteiger partial charge in [0.05, 0.1) is 0 Å². The molecule has 0 heterocycles. The van der Waals surface area contributed by atoms with Crippen LogP contribution in [-0.4, -0.2) is 5.78 Å². The lowest BCUT2D eigenvalue weighted by Crippen LogP contribution is -2.09. The van der Waals surface area contributed by atoms with E-state index in [0.717, 1.165) is 23.1 Å². The molecule has 1 heteroatoms. The van der Waals surface area contributed by atoms with Gasteiger partial charge >= 0.3 is 0 Å². The third-order valence-electron chi connectivity index (χ3n) is 2.92. The Morgan fingerprint density at radius 3 is 2.40 bits per heavy atom. The van der Waals surface area contributed by atoms with Crippen molar-refractivity contribution in [2.24, 2.45) is 0 Å². The summed E-state index contributed by atoms with van der Waals surface area (Å²) in [7, 11) is 0. The van der Waals surface area contributed by atoms with Gasteiger partial charge < -0.3 is 0 Å². The molecule has 0 N–H and O–H groups in total. The molecule has 0 saturated heterocycles. The molecule has 0 spiro atoms. The predicted octanol–water partition coefficient (Wildman–Crippen LogP) is 3.38. The van der Waals surface area contributed by atoms with E-state index in [0.29, 0.717) is 0 Å². The van der Waals surface area contributed by atoms with Crippen molar-refractivity contribution in [2.45, 2.75) is 20.3 Å². The number of rotatable bonds is 1. The van der Waals surface area contributed by atoms with E-state index in [1.165, 1.54) is 5.57 Å². The molecule has 1 nitrogen and oxygen atoms in total. The number of ketones is 1. The second-order valence-corrected chi connectivity index (χ2v) is 3.92. The van der Waals surface area contributed by atoms with Crippen LogP contribution in [-0.2, 0) is 4.79 Å². The van der Waals surface area contributed by atoms with E-state index in [1.807, 2.05) is 50.3 Å². The van der Waals surface area contributed by atoms with Gasteiger partial charge in [-0.1, -0.05) is 42.0 Å². The lowest BCUT2D eigenvalue weighted by molar-refractivity contribution is -0.110. The second kappa shape index (κ2) is 3.85. The van der Waals surface area contributed by atoms with Crippen molar-refractivity contribution in [3.8, 4) is 0 Å². The zero-order chi connectivity index (χ0) is 10.8. The van der Waals surface area contributed by atoms with Crippen LogP contribution in [0.2, 0.25) is 0 Å². The first-order valence-electron chi connectivity index (χ1n) is 5.17. The van der Waals surface area contributed by atoms with Crippen molar-refractivity contribution < 1.29 is 4.79 Å². The van der Waals surface area contributed by atoms with E-state index in [2.05, 4.69) is 0 Å². The van der Waals surface area contributed by atoms with E-state index in [1.54, 1.807) is 0 Å². The highest BCUT2D eigenvalue weighted by Crippen LogP contribution is 2.27. The molecule has 0 fully saturated rings. The highest BCUT2D eigenvalue weighted by molar-refractivity contribution is 6.29. The standard InChI is InChI=1S/C14H14O/c1-10-8-9-13(14(15)11(10)2)12-6-4-3-5-7-12/h3-7,9H,8H2,1-2H3. The molecule has 15 heavy (non-hydrogen) atoms. The average molecular weight is 198 g/mol. The number of carbonyl (C=O) groups excluding carboxylic acids is 1. The summed E-state index contributed by atoms with van der Waals surface area (Å²) in [5, 5.41) is 0. The SMILES string of the molecule is CC1=C(C)C(=O)C(c2ccccc2)=CC1. The maximum absolute atomic E-state index is 12.0. The fraction of sp³-hybridized carbons (Fsp3) is 0.214. The van der Waals surface area contributed by atoms with E-state index < -0.39 is 0 Å². The van der Waals surface area contributed by atoms with Crippen LogP contribution >= 0.6 is 0 Å². The zero-order valence-electron chi connectivity index (χ0n) is 9.08. The van der Waals surface area contributed by atoms with Crippen molar-refractivity contribution in [2.75, 3.05) is 0 Å². The molecule has 0 atom stereocenters. The highest BCUT2D eigenvalue weighted by atomic mass is 16.1. The number of hydrogen-bond donors (Lipinski definition) is 0. The molecular formula is C14H14O. The molecule has 0 saturated carbocycles. The summed E-state index contributed by atoms with van der Waals surface area (Å²) in [6.07, 6.45) is 2.92. The fourth-order valence-corrected chi connectivity index (χ4v) is 1.76. The fourth-order valence-electron chi connectivity index (χ4n) is 1.76. The molecule has 1 aliphatic rings. The van der Waals surface area contributed by atoms with Crippen molar-refractivity contribution in [1.29, 1.82) is 0 Å². The van der Waals surface area contributed by atoms with Crippen molar-refractivity contribution in [3.63, 3.8) is 0 Å².